The molecule has 1 aromatic heterocycles. The smallest absolute Gasteiger partial charge is 0.475 e. The average Bonchev–Trinajstić information content (AvgIpc) is 3.21. The average molecular weight is 479 g/mol. The van der Waals surface area contributed by atoms with Gasteiger partial charge in [0.25, 0.3) is 5.91 Å². The van der Waals surface area contributed by atoms with Crippen LogP contribution in [0.5, 0.6) is 0 Å². The fourth-order valence-electron chi connectivity index (χ4n) is 3.26. The van der Waals surface area contributed by atoms with Crippen molar-refractivity contribution < 1.29 is 37.0 Å². The minimum atomic E-state index is -5.08. The van der Waals surface area contributed by atoms with Crippen molar-refractivity contribution in [1.82, 2.24) is 15.1 Å². The van der Waals surface area contributed by atoms with E-state index in [1.54, 1.807) is 12.1 Å². The van der Waals surface area contributed by atoms with Crippen LogP contribution in [0.15, 0.2) is 60.8 Å². The number of fused-ring (bicyclic) bond motifs is 1. The Hall–Kier alpha value is -3.73. The van der Waals surface area contributed by atoms with Crippen LogP contribution in [0, 0.1) is 5.82 Å². The summed E-state index contributed by atoms with van der Waals surface area (Å²) in [6, 6.07) is 16.0. The molecule has 1 amide bonds. The van der Waals surface area contributed by atoms with Crippen LogP contribution in [0.25, 0.3) is 0 Å². The molecule has 1 unspecified atom stereocenters. The molecule has 2 heterocycles. The largest absolute Gasteiger partial charge is 0.490 e. The molecule has 0 radical (unpaired) electrons. The first-order valence-corrected chi connectivity index (χ1v) is 10.2. The molecular weight excluding hydrogens is 458 g/mol. The molecule has 0 aliphatic carbocycles. The lowest BCUT2D eigenvalue weighted by molar-refractivity contribution is -0.192. The van der Waals surface area contributed by atoms with Gasteiger partial charge >= 0.3 is 12.1 Å². The molecule has 0 spiro atoms. The summed E-state index contributed by atoms with van der Waals surface area (Å²) in [6.07, 6.45) is -2.58. The number of aliphatic carboxylic acids is 1. The summed E-state index contributed by atoms with van der Waals surface area (Å²) in [5.74, 6) is -3.74. The second-order valence-corrected chi connectivity index (χ2v) is 7.32. The van der Waals surface area contributed by atoms with E-state index in [1.807, 2.05) is 29.1 Å². The Balaban J connectivity index is 0.000000406. The Morgan fingerprint density at radius 2 is 1.76 bits per heavy atom. The normalized spacial score (nSPS) is 15.0. The topological polar surface area (TPSA) is 93.5 Å². The fraction of sp³-hybridized carbons (Fsp3) is 0.261. The number of aromatic nitrogens is 2. The third kappa shape index (κ3) is 6.64. The number of amides is 1. The van der Waals surface area contributed by atoms with Crippen molar-refractivity contribution in [2.75, 3.05) is 13.2 Å². The second kappa shape index (κ2) is 10.9. The van der Waals surface area contributed by atoms with Gasteiger partial charge in [-0.2, -0.15) is 18.3 Å². The zero-order chi connectivity index (χ0) is 24.7. The number of benzene rings is 2. The van der Waals surface area contributed by atoms with Gasteiger partial charge in [-0.15, -0.1) is 0 Å². The highest BCUT2D eigenvalue weighted by Crippen LogP contribution is 2.25. The molecule has 180 valence electrons. The van der Waals surface area contributed by atoms with Crippen LogP contribution in [0.1, 0.15) is 33.3 Å². The van der Waals surface area contributed by atoms with Crippen LogP contribution in [0.3, 0.4) is 0 Å². The second-order valence-electron chi connectivity index (χ2n) is 7.32. The summed E-state index contributed by atoms with van der Waals surface area (Å²) in [5.41, 5.74) is 3.17. The molecule has 1 aliphatic heterocycles. The van der Waals surface area contributed by atoms with Crippen LogP contribution >= 0.6 is 0 Å². The van der Waals surface area contributed by atoms with Gasteiger partial charge in [0.05, 0.1) is 24.4 Å². The highest BCUT2D eigenvalue weighted by molar-refractivity contribution is 5.94. The highest BCUT2D eigenvalue weighted by Gasteiger charge is 2.38. The first-order valence-electron chi connectivity index (χ1n) is 10.2. The number of carbonyl (C=O) groups excluding carboxylic acids is 1. The SMILES string of the molecule is O=C(NCC1OCCc2cn(Cc3ccccc3)nc21)c1ccccc1F.O=C(O)C(F)(F)F. The van der Waals surface area contributed by atoms with Crippen molar-refractivity contribution in [3.8, 4) is 0 Å². The van der Waals surface area contributed by atoms with Crippen LogP contribution in [-0.4, -0.2) is 46.1 Å². The molecule has 4 rings (SSSR count). The predicted molar refractivity (Wildman–Crippen MR) is 113 cm³/mol. The number of alkyl halides is 3. The van der Waals surface area contributed by atoms with Crippen LogP contribution in [0.4, 0.5) is 17.6 Å². The zero-order valence-corrected chi connectivity index (χ0v) is 17.8. The van der Waals surface area contributed by atoms with Gasteiger partial charge in [0.2, 0.25) is 0 Å². The first kappa shape index (κ1) is 24.9. The van der Waals surface area contributed by atoms with Crippen molar-refractivity contribution in [1.29, 1.82) is 0 Å². The molecule has 11 heteroatoms. The van der Waals surface area contributed by atoms with E-state index in [0.717, 1.165) is 17.7 Å². The number of nitrogens with one attached hydrogen (secondary N) is 1. The zero-order valence-electron chi connectivity index (χ0n) is 17.8. The van der Waals surface area contributed by atoms with Crippen molar-refractivity contribution in [3.63, 3.8) is 0 Å². The van der Waals surface area contributed by atoms with E-state index in [4.69, 9.17) is 14.6 Å². The van der Waals surface area contributed by atoms with Crippen molar-refractivity contribution in [2.24, 2.45) is 0 Å². The molecular formula is C23H21F4N3O4. The molecule has 2 N–H and O–H groups in total. The number of nitrogens with zero attached hydrogens (tertiary/aromatic N) is 2. The van der Waals surface area contributed by atoms with Crippen LogP contribution in [0.2, 0.25) is 0 Å². The summed E-state index contributed by atoms with van der Waals surface area (Å²) in [7, 11) is 0. The van der Waals surface area contributed by atoms with Gasteiger partial charge in [0.1, 0.15) is 11.9 Å². The Morgan fingerprint density at radius 1 is 1.12 bits per heavy atom. The van der Waals surface area contributed by atoms with E-state index >= 15 is 0 Å². The quantitative estimate of drug-likeness (QED) is 0.544. The van der Waals surface area contributed by atoms with Gasteiger partial charge in [0, 0.05) is 12.7 Å². The molecule has 0 bridgehead atoms. The van der Waals surface area contributed by atoms with E-state index < -0.39 is 23.9 Å². The molecule has 1 atom stereocenters. The molecule has 2 aromatic carbocycles. The number of carboxylic acids is 1. The first-order chi connectivity index (χ1) is 16.1. The minimum absolute atomic E-state index is 0.0307. The van der Waals surface area contributed by atoms with E-state index in [-0.39, 0.29) is 18.2 Å². The lowest BCUT2D eigenvalue weighted by Crippen LogP contribution is -2.32. The van der Waals surface area contributed by atoms with Crippen molar-refractivity contribution in [2.45, 2.75) is 25.2 Å². The Morgan fingerprint density at radius 3 is 2.41 bits per heavy atom. The van der Waals surface area contributed by atoms with E-state index in [0.29, 0.717) is 13.2 Å². The van der Waals surface area contributed by atoms with Crippen LogP contribution < -0.4 is 5.32 Å². The number of hydrogen-bond donors (Lipinski definition) is 2. The Bertz CT molecular complexity index is 1130. The lowest BCUT2D eigenvalue weighted by atomic mass is 10.1. The third-order valence-electron chi connectivity index (χ3n) is 4.86. The van der Waals surface area contributed by atoms with Crippen molar-refractivity contribution in [3.05, 3.63) is 89.0 Å². The number of halogens is 4. The van der Waals surface area contributed by atoms with E-state index in [1.165, 1.54) is 17.7 Å². The summed E-state index contributed by atoms with van der Waals surface area (Å²) in [6.45, 7) is 1.51. The lowest BCUT2D eigenvalue weighted by Gasteiger charge is -2.22. The highest BCUT2D eigenvalue weighted by atomic mass is 19.4. The summed E-state index contributed by atoms with van der Waals surface area (Å²) in [5, 5.41) is 14.5. The Kier molecular flexibility index (Phi) is 8.00. The fourth-order valence-corrected chi connectivity index (χ4v) is 3.26. The predicted octanol–water partition coefficient (Wildman–Crippen LogP) is 3.75. The molecule has 0 fully saturated rings. The number of ether oxygens (including phenoxy) is 1. The van der Waals surface area contributed by atoms with E-state index in [2.05, 4.69) is 22.5 Å². The molecule has 34 heavy (non-hydrogen) atoms. The standard InChI is InChI=1S/C21H20FN3O2.C2HF3O2/c22-18-9-5-4-8-17(18)21(26)23-12-19-20-16(10-11-27-19)14-25(24-20)13-15-6-2-1-3-7-15;3-2(4,5)1(6)7/h1-9,14,19H,10-13H2,(H,23,26);(H,6,7). The van der Waals surface area contributed by atoms with Gasteiger partial charge < -0.3 is 15.2 Å². The summed E-state index contributed by atoms with van der Waals surface area (Å²) < 4.78 is 53.2. The number of carbonyl (C=O) groups is 2. The molecule has 1 aliphatic rings. The summed E-state index contributed by atoms with van der Waals surface area (Å²) in [4.78, 5) is 21.1. The maximum absolute atomic E-state index is 13.7. The van der Waals surface area contributed by atoms with E-state index in [9.17, 15) is 22.4 Å². The molecule has 0 saturated carbocycles. The van der Waals surface area contributed by atoms with Gasteiger partial charge in [-0.25, -0.2) is 9.18 Å². The number of carboxylic acid groups (broad SMARTS) is 1. The summed E-state index contributed by atoms with van der Waals surface area (Å²) >= 11 is 0. The van der Waals surface area contributed by atoms with Crippen LogP contribution in [-0.2, 0) is 22.5 Å². The van der Waals surface area contributed by atoms with Gasteiger partial charge in [0.15, 0.2) is 0 Å². The third-order valence-corrected chi connectivity index (χ3v) is 4.86. The number of hydrogen-bond acceptors (Lipinski definition) is 4. The maximum Gasteiger partial charge on any atom is 0.490 e. The Labute approximate surface area is 192 Å². The van der Waals surface area contributed by atoms with Gasteiger partial charge in [-0.3, -0.25) is 9.48 Å². The van der Waals surface area contributed by atoms with Gasteiger partial charge in [-0.1, -0.05) is 42.5 Å². The minimum Gasteiger partial charge on any atom is -0.475 e. The maximum atomic E-state index is 13.7. The van der Waals surface area contributed by atoms with Crippen molar-refractivity contribution >= 4 is 11.9 Å². The monoisotopic (exact) mass is 479 g/mol. The van der Waals surface area contributed by atoms with Gasteiger partial charge in [-0.05, 0) is 29.7 Å². The molecule has 7 nitrogen and oxygen atoms in total. The molecule has 0 saturated heterocycles. The number of rotatable bonds is 5. The molecule has 3 aromatic rings.